The van der Waals surface area contributed by atoms with E-state index in [1.54, 1.807) is 20.8 Å². The van der Waals surface area contributed by atoms with Gasteiger partial charge >= 0.3 is 18.2 Å². The number of benzene rings is 4. The van der Waals surface area contributed by atoms with E-state index < -0.39 is 101 Å². The topological polar surface area (TPSA) is 187 Å². The number of ether oxygens (including phenoxy) is 4. The van der Waals surface area contributed by atoms with Gasteiger partial charge in [-0.3, -0.25) is 19.2 Å². The van der Waals surface area contributed by atoms with Crippen LogP contribution in [0, 0.1) is 35.0 Å². The van der Waals surface area contributed by atoms with Crippen molar-refractivity contribution >= 4 is 41.6 Å². The van der Waals surface area contributed by atoms with Gasteiger partial charge in [-0.05, 0) is 86.4 Å². The Bertz CT molecular complexity index is 2390. The van der Waals surface area contributed by atoms with E-state index in [0.29, 0.717) is 0 Å². The van der Waals surface area contributed by atoms with Gasteiger partial charge in [-0.15, -0.1) is 0 Å². The third kappa shape index (κ3) is 13.0. The van der Waals surface area contributed by atoms with Crippen LogP contribution in [0.4, 0.5) is 37.2 Å². The summed E-state index contributed by atoms with van der Waals surface area (Å²) in [4.78, 5) is 78.5. The highest BCUT2D eigenvalue weighted by Crippen LogP contribution is 2.44. The Morgan fingerprint density at radius 1 is 0.652 bits per heavy atom. The molecule has 0 spiro atoms. The number of hydrogen-bond donors (Lipinski definition) is 4. The number of esters is 1. The van der Waals surface area contributed by atoms with Crippen LogP contribution in [-0.2, 0) is 40.0 Å². The second-order valence-electron chi connectivity index (χ2n) is 16.8. The zero-order valence-electron chi connectivity index (χ0n) is 36.8. The fourth-order valence-electron chi connectivity index (χ4n) is 6.93. The predicted molar refractivity (Wildman–Crippen MR) is 228 cm³/mol. The number of amides is 4. The largest absolute Gasteiger partial charge is 0.514 e. The molecule has 0 saturated heterocycles. The Labute approximate surface area is 376 Å². The standard InChI is InChI=1S/C47H49F5N4O10/c1-24(2)21-34(56-45(61)63-23-32-30-13-9-7-11-28(30)29-12-8-10-14-31(29)32)44(60)53-25(3)42(58)55-33(19-20-35(57)66-47(4,5)6)43(59)54-27-17-15-26(16-18-27)22-64-46(62)65-41-39(51)37(49)36(48)38(50)40(41)52/h7-18,24-25,32-34H,19-23H2,1-6H3,(H,53,60)(H,54,59)(H,55,58)(H,56,61)/t25-,33-,34+/m0/s1. The molecule has 0 unspecified atom stereocenters. The summed E-state index contributed by atoms with van der Waals surface area (Å²) in [7, 11) is 0. The van der Waals surface area contributed by atoms with Crippen LogP contribution in [-0.4, -0.2) is 66.3 Å². The molecule has 0 radical (unpaired) electrons. The number of carbonyl (C=O) groups is 6. The van der Waals surface area contributed by atoms with E-state index in [1.165, 1.54) is 31.2 Å². The number of carbonyl (C=O) groups excluding carboxylic acids is 6. The number of nitrogens with one attached hydrogen (secondary N) is 4. The second-order valence-corrected chi connectivity index (χ2v) is 16.8. The summed E-state index contributed by atoms with van der Waals surface area (Å²) in [6.07, 6.45) is -2.95. The third-order valence-corrected chi connectivity index (χ3v) is 10.0. The summed E-state index contributed by atoms with van der Waals surface area (Å²) >= 11 is 0. The molecule has 0 aromatic heterocycles. The maximum atomic E-state index is 13.9. The molecule has 0 aliphatic heterocycles. The molecule has 14 nitrogen and oxygen atoms in total. The minimum atomic E-state index is -2.44. The predicted octanol–water partition coefficient (Wildman–Crippen LogP) is 8.10. The molecule has 19 heteroatoms. The molecule has 0 heterocycles. The van der Waals surface area contributed by atoms with Crippen LogP contribution < -0.4 is 26.0 Å². The van der Waals surface area contributed by atoms with E-state index in [1.807, 2.05) is 62.4 Å². The molecular weight excluding hydrogens is 876 g/mol. The van der Waals surface area contributed by atoms with Crippen molar-refractivity contribution in [1.82, 2.24) is 16.0 Å². The van der Waals surface area contributed by atoms with Gasteiger partial charge in [0.2, 0.25) is 52.6 Å². The van der Waals surface area contributed by atoms with Crippen LogP contribution in [0.2, 0.25) is 0 Å². The molecule has 4 N–H and O–H groups in total. The van der Waals surface area contributed by atoms with E-state index in [-0.39, 0.29) is 49.0 Å². The summed E-state index contributed by atoms with van der Waals surface area (Å²) in [6.45, 7) is 9.44. The van der Waals surface area contributed by atoms with Crippen molar-refractivity contribution in [2.24, 2.45) is 5.92 Å². The maximum Gasteiger partial charge on any atom is 0.514 e. The Morgan fingerprint density at radius 3 is 1.77 bits per heavy atom. The van der Waals surface area contributed by atoms with Crippen LogP contribution in [0.5, 0.6) is 5.75 Å². The molecular formula is C47H49F5N4O10. The molecule has 5 rings (SSSR count). The van der Waals surface area contributed by atoms with Crippen molar-refractivity contribution in [1.29, 1.82) is 0 Å². The van der Waals surface area contributed by atoms with Crippen molar-refractivity contribution in [3.63, 3.8) is 0 Å². The summed E-state index contributed by atoms with van der Waals surface area (Å²) in [5.74, 6) is -16.9. The monoisotopic (exact) mass is 924 g/mol. The molecule has 4 amide bonds. The normalized spacial score (nSPS) is 13.3. The fourth-order valence-corrected chi connectivity index (χ4v) is 6.93. The van der Waals surface area contributed by atoms with Crippen LogP contribution in [0.15, 0.2) is 72.8 Å². The van der Waals surface area contributed by atoms with Crippen molar-refractivity contribution in [3.8, 4) is 16.9 Å². The third-order valence-electron chi connectivity index (χ3n) is 10.0. The lowest BCUT2D eigenvalue weighted by molar-refractivity contribution is -0.155. The van der Waals surface area contributed by atoms with Crippen molar-refractivity contribution in [2.75, 3.05) is 11.9 Å². The quantitative estimate of drug-likeness (QED) is 0.0201. The maximum absolute atomic E-state index is 13.9. The SMILES string of the molecule is CC(C)C[C@@H](NC(=O)OCC1c2ccccc2-c2ccccc21)C(=O)N[C@@H](C)C(=O)N[C@@H](CCC(=O)OC(C)(C)C)C(=O)Nc1ccc(COC(=O)Oc2c(F)c(F)c(F)c(F)c2F)cc1. The van der Waals surface area contributed by atoms with Crippen molar-refractivity contribution in [3.05, 3.63) is 119 Å². The molecule has 0 fully saturated rings. The number of alkyl carbamates (subject to hydrolysis) is 1. The van der Waals surface area contributed by atoms with Crippen molar-refractivity contribution < 1.29 is 69.7 Å². The lowest BCUT2D eigenvalue weighted by Crippen LogP contribution is -2.55. The van der Waals surface area contributed by atoms with Gasteiger partial charge in [-0.2, -0.15) is 8.78 Å². The molecule has 1 aliphatic carbocycles. The fraction of sp³-hybridized carbons (Fsp3) is 0.362. The summed E-state index contributed by atoms with van der Waals surface area (Å²) in [6, 6.07) is 17.3. The summed E-state index contributed by atoms with van der Waals surface area (Å²) in [5, 5.41) is 10.3. The molecule has 4 aromatic rings. The lowest BCUT2D eigenvalue weighted by atomic mass is 9.98. The number of halogens is 5. The minimum absolute atomic E-state index is 0.0111. The minimum Gasteiger partial charge on any atom is -0.460 e. The molecule has 0 bridgehead atoms. The van der Waals surface area contributed by atoms with Gasteiger partial charge in [0.1, 0.15) is 36.9 Å². The Morgan fingerprint density at radius 2 is 1.21 bits per heavy atom. The number of anilines is 1. The number of rotatable bonds is 17. The molecule has 1 aliphatic rings. The van der Waals surface area contributed by atoms with E-state index in [4.69, 9.17) is 14.2 Å². The average Bonchev–Trinajstić information content (AvgIpc) is 3.59. The number of hydrogen-bond acceptors (Lipinski definition) is 10. The van der Waals surface area contributed by atoms with Gasteiger partial charge in [0, 0.05) is 18.0 Å². The zero-order valence-corrected chi connectivity index (χ0v) is 36.8. The Hall–Kier alpha value is -7.05. The van der Waals surface area contributed by atoms with Crippen LogP contribution in [0.1, 0.15) is 83.4 Å². The first-order valence-corrected chi connectivity index (χ1v) is 20.8. The molecule has 352 valence electrons. The highest BCUT2D eigenvalue weighted by molar-refractivity contribution is 5.99. The van der Waals surface area contributed by atoms with E-state index in [2.05, 4.69) is 26.0 Å². The molecule has 66 heavy (non-hydrogen) atoms. The van der Waals surface area contributed by atoms with Gasteiger partial charge in [-0.25, -0.2) is 22.8 Å². The number of fused-ring (bicyclic) bond motifs is 3. The van der Waals surface area contributed by atoms with Gasteiger partial charge in [0.25, 0.3) is 0 Å². The first kappa shape index (κ1) is 50.0. The highest BCUT2D eigenvalue weighted by Gasteiger charge is 2.33. The zero-order chi connectivity index (χ0) is 48.5. The van der Waals surface area contributed by atoms with Gasteiger partial charge < -0.3 is 40.2 Å². The second kappa shape index (κ2) is 21.8. The Balaban J connectivity index is 1.18. The highest BCUT2D eigenvalue weighted by atomic mass is 19.2. The van der Waals surface area contributed by atoms with E-state index in [9.17, 15) is 50.7 Å². The lowest BCUT2D eigenvalue weighted by Gasteiger charge is -2.25. The van der Waals surface area contributed by atoms with Gasteiger partial charge in [0.15, 0.2) is 0 Å². The van der Waals surface area contributed by atoms with Crippen LogP contribution >= 0.6 is 0 Å². The summed E-state index contributed by atoms with van der Waals surface area (Å²) < 4.78 is 88.0. The van der Waals surface area contributed by atoms with Crippen LogP contribution in [0.25, 0.3) is 11.1 Å². The smallest absolute Gasteiger partial charge is 0.460 e. The van der Waals surface area contributed by atoms with Gasteiger partial charge in [-0.1, -0.05) is 74.5 Å². The molecule has 0 saturated carbocycles. The van der Waals surface area contributed by atoms with Gasteiger partial charge in [0.05, 0.1) is 0 Å². The molecule has 3 atom stereocenters. The van der Waals surface area contributed by atoms with E-state index in [0.717, 1.165) is 22.3 Å². The summed E-state index contributed by atoms with van der Waals surface area (Å²) in [5.41, 5.74) is 3.65. The first-order chi connectivity index (χ1) is 31.1. The van der Waals surface area contributed by atoms with E-state index >= 15 is 0 Å². The molecule has 4 aromatic carbocycles. The first-order valence-electron chi connectivity index (χ1n) is 20.8. The average molecular weight is 925 g/mol. The van der Waals surface area contributed by atoms with Crippen molar-refractivity contribution in [2.45, 2.75) is 97.1 Å². The Kier molecular flexibility index (Phi) is 16.5. The van der Waals surface area contributed by atoms with Crippen LogP contribution in [0.3, 0.4) is 0 Å².